The summed E-state index contributed by atoms with van der Waals surface area (Å²) >= 11 is 0. The fraction of sp³-hybridized carbons (Fsp3) is 0.667. The van der Waals surface area contributed by atoms with Crippen LogP contribution in [-0.4, -0.2) is 30.5 Å². The number of carbonyl (C=O) groups excluding carboxylic acids is 1. The van der Waals surface area contributed by atoms with Crippen LogP contribution in [0.25, 0.3) is 0 Å². The second kappa shape index (κ2) is 6.62. The maximum Gasteiger partial charge on any atom is 0.331 e. The molecule has 0 fully saturated rings. The molecule has 0 aliphatic rings. The molecule has 0 saturated heterocycles. The number of carbonyl (C=O) groups is 1. The van der Waals surface area contributed by atoms with Crippen molar-refractivity contribution in [3.05, 3.63) is 12.7 Å². The maximum absolute atomic E-state index is 10.8. The van der Waals surface area contributed by atoms with Crippen molar-refractivity contribution in [1.29, 1.82) is 0 Å². The van der Waals surface area contributed by atoms with Crippen molar-refractivity contribution in [3.63, 3.8) is 0 Å². The summed E-state index contributed by atoms with van der Waals surface area (Å²) in [6.07, 6.45) is 0.758. The van der Waals surface area contributed by atoms with Gasteiger partial charge in [0.1, 0.15) is 0 Å². The largest absolute Gasteiger partial charge is 0.443 e. The zero-order chi connectivity index (χ0) is 10.3. The number of nitrogens with one attached hydrogen (secondary N) is 1. The molecule has 0 aromatic rings. The molecule has 0 spiro atoms. The van der Waals surface area contributed by atoms with Crippen LogP contribution in [0.3, 0.4) is 0 Å². The summed E-state index contributed by atoms with van der Waals surface area (Å²) in [5.41, 5.74) is 0. The van der Waals surface area contributed by atoms with Crippen molar-refractivity contribution in [2.75, 3.05) is 13.2 Å². The minimum atomic E-state index is -0.455. The van der Waals surface area contributed by atoms with Gasteiger partial charge in [0.05, 0.1) is 6.61 Å². The number of esters is 1. The molecule has 76 valence electrons. The monoisotopic (exact) mass is 187 g/mol. The van der Waals surface area contributed by atoms with Crippen LogP contribution in [0.1, 0.15) is 13.8 Å². The summed E-state index contributed by atoms with van der Waals surface area (Å²) < 4.78 is 4.98. The highest BCUT2D eigenvalue weighted by Crippen LogP contribution is 2.03. The molecule has 1 atom stereocenters. The topological polar surface area (TPSA) is 58.6 Å². The van der Waals surface area contributed by atoms with Crippen LogP contribution in [0.4, 0.5) is 0 Å². The first-order valence-electron chi connectivity index (χ1n) is 4.29. The van der Waals surface area contributed by atoms with E-state index in [2.05, 4.69) is 11.9 Å². The molecule has 0 aliphatic heterocycles. The molecule has 0 rings (SSSR count). The van der Waals surface area contributed by atoms with E-state index >= 15 is 0 Å². The van der Waals surface area contributed by atoms with E-state index in [-0.39, 0.29) is 18.8 Å². The van der Waals surface area contributed by atoms with Gasteiger partial charge < -0.3 is 9.84 Å². The minimum absolute atomic E-state index is 0.0227. The second-order valence-electron chi connectivity index (χ2n) is 2.98. The molecular formula is C9H17NO3. The van der Waals surface area contributed by atoms with Gasteiger partial charge in [-0.25, -0.2) is 4.79 Å². The van der Waals surface area contributed by atoms with Gasteiger partial charge in [-0.3, -0.25) is 5.32 Å². The predicted molar refractivity (Wildman–Crippen MR) is 50.0 cm³/mol. The summed E-state index contributed by atoms with van der Waals surface area (Å²) in [7, 11) is 0. The van der Waals surface area contributed by atoms with Gasteiger partial charge in [0.15, 0.2) is 6.23 Å². The summed E-state index contributed by atoms with van der Waals surface area (Å²) in [5, 5.41) is 11.5. The highest BCUT2D eigenvalue weighted by atomic mass is 16.6. The van der Waals surface area contributed by atoms with Crippen molar-refractivity contribution in [1.82, 2.24) is 5.32 Å². The highest BCUT2D eigenvalue weighted by molar-refractivity contribution is 5.81. The summed E-state index contributed by atoms with van der Waals surface area (Å²) in [6, 6.07) is 0. The van der Waals surface area contributed by atoms with Crippen LogP contribution in [0, 0.1) is 5.92 Å². The summed E-state index contributed by atoms with van der Waals surface area (Å²) in [6.45, 7) is 7.58. The molecule has 4 nitrogen and oxygen atoms in total. The van der Waals surface area contributed by atoms with Gasteiger partial charge in [0, 0.05) is 18.5 Å². The Morgan fingerprint density at radius 3 is 2.69 bits per heavy atom. The van der Waals surface area contributed by atoms with Gasteiger partial charge in [-0.2, -0.15) is 0 Å². The van der Waals surface area contributed by atoms with Crippen molar-refractivity contribution < 1.29 is 14.6 Å². The van der Waals surface area contributed by atoms with E-state index in [1.165, 1.54) is 0 Å². The van der Waals surface area contributed by atoms with Gasteiger partial charge in [0.2, 0.25) is 0 Å². The summed E-state index contributed by atoms with van der Waals surface area (Å²) in [5.74, 6) is -0.292. The standard InChI is InChI=1S/C9H17NO3/c1-4-8(12)13-9(7(2)3)10-5-6-11/h4,7,9-11H,1,5-6H2,2-3H3. The molecule has 0 heterocycles. The van der Waals surface area contributed by atoms with Crippen molar-refractivity contribution in [2.45, 2.75) is 20.1 Å². The average Bonchev–Trinajstić information content (AvgIpc) is 2.11. The van der Waals surface area contributed by atoms with Crippen LogP contribution in [0.15, 0.2) is 12.7 Å². The minimum Gasteiger partial charge on any atom is -0.443 e. The van der Waals surface area contributed by atoms with E-state index in [0.717, 1.165) is 6.08 Å². The zero-order valence-electron chi connectivity index (χ0n) is 8.12. The quantitative estimate of drug-likeness (QED) is 0.356. The molecule has 0 aromatic heterocycles. The van der Waals surface area contributed by atoms with Crippen molar-refractivity contribution in [3.8, 4) is 0 Å². The third-order valence-electron chi connectivity index (χ3n) is 1.47. The first-order valence-corrected chi connectivity index (χ1v) is 4.29. The Kier molecular flexibility index (Phi) is 6.18. The van der Waals surface area contributed by atoms with Crippen LogP contribution in [-0.2, 0) is 9.53 Å². The Bertz CT molecular complexity index is 168. The van der Waals surface area contributed by atoms with E-state index in [4.69, 9.17) is 9.84 Å². The first-order chi connectivity index (χ1) is 6.11. The fourth-order valence-electron chi connectivity index (χ4n) is 0.794. The molecule has 2 N–H and O–H groups in total. The molecule has 0 radical (unpaired) electrons. The highest BCUT2D eigenvalue weighted by Gasteiger charge is 2.15. The van der Waals surface area contributed by atoms with Crippen LogP contribution < -0.4 is 5.32 Å². The van der Waals surface area contributed by atoms with Crippen molar-refractivity contribution in [2.24, 2.45) is 5.92 Å². The number of hydrogen-bond acceptors (Lipinski definition) is 4. The lowest BCUT2D eigenvalue weighted by Gasteiger charge is -2.21. The molecule has 0 saturated carbocycles. The molecule has 0 bridgehead atoms. The van der Waals surface area contributed by atoms with E-state index < -0.39 is 5.97 Å². The number of rotatable bonds is 6. The molecular weight excluding hydrogens is 170 g/mol. The molecule has 0 aromatic carbocycles. The molecule has 0 aliphatic carbocycles. The number of hydrogen-bond donors (Lipinski definition) is 2. The second-order valence-corrected chi connectivity index (χ2v) is 2.98. The maximum atomic E-state index is 10.8. The lowest BCUT2D eigenvalue weighted by Crippen LogP contribution is -2.39. The fourth-order valence-corrected chi connectivity index (χ4v) is 0.794. The van der Waals surface area contributed by atoms with E-state index in [1.54, 1.807) is 0 Å². The smallest absolute Gasteiger partial charge is 0.331 e. The Morgan fingerprint density at radius 1 is 1.69 bits per heavy atom. The normalized spacial score (nSPS) is 12.6. The molecule has 0 amide bonds. The third-order valence-corrected chi connectivity index (χ3v) is 1.47. The van der Waals surface area contributed by atoms with Crippen LogP contribution >= 0.6 is 0 Å². The van der Waals surface area contributed by atoms with Crippen molar-refractivity contribution >= 4 is 5.97 Å². The summed E-state index contributed by atoms with van der Waals surface area (Å²) in [4.78, 5) is 10.8. The Labute approximate surface area is 78.6 Å². The Hall–Kier alpha value is -0.870. The van der Waals surface area contributed by atoms with E-state index in [1.807, 2.05) is 13.8 Å². The third kappa shape index (κ3) is 5.38. The lowest BCUT2D eigenvalue weighted by atomic mass is 10.2. The molecule has 1 unspecified atom stereocenters. The SMILES string of the molecule is C=CC(=O)OC(NCCO)C(C)C. The predicted octanol–water partition coefficient (Wildman–Crippen LogP) is 0.280. The van der Waals surface area contributed by atoms with E-state index in [9.17, 15) is 4.79 Å². The average molecular weight is 187 g/mol. The number of aliphatic hydroxyl groups excluding tert-OH is 1. The van der Waals surface area contributed by atoms with Crippen LogP contribution in [0.2, 0.25) is 0 Å². The van der Waals surface area contributed by atoms with Gasteiger partial charge >= 0.3 is 5.97 Å². The van der Waals surface area contributed by atoms with Gasteiger partial charge in [-0.05, 0) is 0 Å². The Balaban J connectivity index is 3.93. The van der Waals surface area contributed by atoms with Gasteiger partial charge in [-0.1, -0.05) is 20.4 Å². The van der Waals surface area contributed by atoms with Crippen LogP contribution in [0.5, 0.6) is 0 Å². The number of ether oxygens (including phenoxy) is 1. The lowest BCUT2D eigenvalue weighted by molar-refractivity contribution is -0.147. The van der Waals surface area contributed by atoms with Gasteiger partial charge in [-0.15, -0.1) is 0 Å². The zero-order valence-corrected chi connectivity index (χ0v) is 8.12. The number of aliphatic hydroxyl groups is 1. The molecule has 4 heteroatoms. The van der Waals surface area contributed by atoms with Gasteiger partial charge in [0.25, 0.3) is 0 Å². The molecule has 13 heavy (non-hydrogen) atoms. The Morgan fingerprint density at radius 2 is 2.31 bits per heavy atom. The van der Waals surface area contributed by atoms with E-state index in [0.29, 0.717) is 6.54 Å². The first kappa shape index (κ1) is 12.1.